The van der Waals surface area contributed by atoms with E-state index in [1.54, 1.807) is 42.0 Å². The largest absolute Gasteiger partial charge is 0.497 e. The van der Waals surface area contributed by atoms with Crippen LogP contribution in [0.2, 0.25) is 0 Å². The van der Waals surface area contributed by atoms with Gasteiger partial charge in [0.2, 0.25) is 11.8 Å². The third-order valence-electron chi connectivity index (χ3n) is 5.49. The van der Waals surface area contributed by atoms with Crippen LogP contribution in [0.25, 0.3) is 28.3 Å². The second-order valence-corrected chi connectivity index (χ2v) is 7.97. The molecular formula is C26H23N7O4. The average molecular weight is 498 g/mol. The molecule has 11 heteroatoms. The minimum atomic E-state index is -0.371. The van der Waals surface area contributed by atoms with Gasteiger partial charge in [0, 0.05) is 23.3 Å². The number of carbonyl (C=O) groups excluding carboxylic acids is 1. The van der Waals surface area contributed by atoms with Gasteiger partial charge in [-0.2, -0.15) is 9.61 Å². The molecule has 11 nitrogen and oxygen atoms in total. The second kappa shape index (κ2) is 10.7. The maximum atomic E-state index is 12.4. The summed E-state index contributed by atoms with van der Waals surface area (Å²) in [4.78, 5) is 24.7. The Morgan fingerprint density at radius 3 is 2.49 bits per heavy atom. The van der Waals surface area contributed by atoms with Crippen LogP contribution >= 0.6 is 0 Å². The van der Waals surface area contributed by atoms with Crippen LogP contribution in [0.5, 0.6) is 11.6 Å². The van der Waals surface area contributed by atoms with Gasteiger partial charge in [0.25, 0.3) is 5.56 Å². The SMILES string of the molecule is COc1ccc(-c2ccc(=O)n(CC(=O)NCCOc3ccc4nnc(-c5ccccc5)n4n3)n2)cc1. The van der Waals surface area contributed by atoms with Crippen molar-refractivity contribution in [3.63, 3.8) is 0 Å². The molecule has 0 spiro atoms. The van der Waals surface area contributed by atoms with Crippen molar-refractivity contribution in [3.8, 4) is 34.3 Å². The van der Waals surface area contributed by atoms with Crippen LogP contribution in [0.4, 0.5) is 0 Å². The Labute approximate surface area is 211 Å². The first-order valence-corrected chi connectivity index (χ1v) is 11.5. The number of hydrogen-bond donors (Lipinski definition) is 1. The van der Waals surface area contributed by atoms with E-state index in [1.165, 1.54) is 6.07 Å². The van der Waals surface area contributed by atoms with Gasteiger partial charge >= 0.3 is 0 Å². The molecule has 0 saturated carbocycles. The molecule has 0 fully saturated rings. The Morgan fingerprint density at radius 2 is 1.70 bits per heavy atom. The van der Waals surface area contributed by atoms with Gasteiger partial charge in [0.1, 0.15) is 18.9 Å². The van der Waals surface area contributed by atoms with Crippen LogP contribution in [0.15, 0.2) is 83.7 Å². The molecule has 1 N–H and O–H groups in total. The van der Waals surface area contributed by atoms with Crippen molar-refractivity contribution in [1.29, 1.82) is 0 Å². The van der Waals surface area contributed by atoms with E-state index in [1.807, 2.05) is 42.5 Å². The van der Waals surface area contributed by atoms with Crippen molar-refractivity contribution < 1.29 is 14.3 Å². The fourth-order valence-corrected chi connectivity index (χ4v) is 3.63. The van der Waals surface area contributed by atoms with Crippen molar-refractivity contribution in [2.45, 2.75) is 6.54 Å². The zero-order valence-electron chi connectivity index (χ0n) is 19.9. The van der Waals surface area contributed by atoms with Gasteiger partial charge in [-0.05, 0) is 36.4 Å². The Balaban J connectivity index is 1.17. The summed E-state index contributed by atoms with van der Waals surface area (Å²) in [6.07, 6.45) is 0. The maximum Gasteiger partial charge on any atom is 0.267 e. The number of aromatic nitrogens is 6. The van der Waals surface area contributed by atoms with E-state index in [2.05, 4.69) is 25.7 Å². The molecule has 5 aromatic rings. The number of methoxy groups -OCH3 is 1. The summed E-state index contributed by atoms with van der Waals surface area (Å²) in [5.41, 5.74) is 2.48. The molecule has 1 amide bonds. The highest BCUT2D eigenvalue weighted by Crippen LogP contribution is 2.20. The standard InChI is InChI=1S/C26H23N7O4/c1-36-20-9-7-18(8-10-20)21-11-14-25(35)32(30-21)17-23(34)27-15-16-37-24-13-12-22-28-29-26(33(22)31-24)19-5-3-2-4-6-19/h2-14H,15-17H2,1H3,(H,27,34). The van der Waals surface area contributed by atoms with E-state index in [4.69, 9.17) is 9.47 Å². The lowest BCUT2D eigenvalue weighted by molar-refractivity contribution is -0.122. The van der Waals surface area contributed by atoms with Gasteiger partial charge in [-0.25, -0.2) is 4.68 Å². The van der Waals surface area contributed by atoms with Gasteiger partial charge in [0.15, 0.2) is 11.5 Å². The summed E-state index contributed by atoms with van der Waals surface area (Å²) >= 11 is 0. The maximum absolute atomic E-state index is 12.4. The van der Waals surface area contributed by atoms with E-state index in [0.29, 0.717) is 28.8 Å². The summed E-state index contributed by atoms with van der Waals surface area (Å²) in [5, 5.41) is 19.8. The van der Waals surface area contributed by atoms with Crippen LogP contribution in [-0.4, -0.2) is 55.8 Å². The van der Waals surface area contributed by atoms with E-state index in [-0.39, 0.29) is 31.2 Å². The number of nitrogens with zero attached hydrogens (tertiary/aromatic N) is 6. The highest BCUT2D eigenvalue weighted by molar-refractivity contribution is 5.75. The number of hydrogen-bond acceptors (Lipinski definition) is 8. The fourth-order valence-electron chi connectivity index (χ4n) is 3.63. The van der Waals surface area contributed by atoms with Crippen LogP contribution in [0.3, 0.4) is 0 Å². The molecule has 0 unspecified atom stereocenters. The van der Waals surface area contributed by atoms with Gasteiger partial charge in [0.05, 0.1) is 19.3 Å². The minimum absolute atomic E-state index is 0.182. The van der Waals surface area contributed by atoms with Crippen LogP contribution in [0.1, 0.15) is 0 Å². The Morgan fingerprint density at radius 1 is 0.892 bits per heavy atom. The van der Waals surface area contributed by atoms with Crippen molar-refractivity contribution >= 4 is 11.6 Å². The number of amides is 1. The molecule has 3 aromatic heterocycles. The topological polar surface area (TPSA) is 126 Å². The lowest BCUT2D eigenvalue weighted by Crippen LogP contribution is -2.35. The van der Waals surface area contributed by atoms with E-state index >= 15 is 0 Å². The summed E-state index contributed by atoms with van der Waals surface area (Å²) in [6, 6.07) is 23.3. The summed E-state index contributed by atoms with van der Waals surface area (Å²) in [7, 11) is 1.59. The number of benzene rings is 2. The average Bonchev–Trinajstić information content (AvgIpc) is 3.36. The molecule has 186 valence electrons. The molecule has 0 radical (unpaired) electrons. The molecule has 0 saturated heterocycles. The molecule has 0 aliphatic heterocycles. The lowest BCUT2D eigenvalue weighted by atomic mass is 10.1. The predicted molar refractivity (Wildman–Crippen MR) is 135 cm³/mol. The van der Waals surface area contributed by atoms with Crippen molar-refractivity contribution in [1.82, 2.24) is 34.9 Å². The normalized spacial score (nSPS) is 10.8. The van der Waals surface area contributed by atoms with Crippen molar-refractivity contribution in [2.75, 3.05) is 20.3 Å². The van der Waals surface area contributed by atoms with E-state index < -0.39 is 0 Å². The number of rotatable bonds is 9. The molecule has 0 atom stereocenters. The number of carbonyl (C=O) groups is 1. The first kappa shape index (κ1) is 23.7. The molecule has 0 aliphatic rings. The summed E-state index contributed by atoms with van der Waals surface area (Å²) in [6.45, 7) is 0.189. The van der Waals surface area contributed by atoms with E-state index in [9.17, 15) is 9.59 Å². The molecule has 37 heavy (non-hydrogen) atoms. The summed E-state index contributed by atoms with van der Waals surface area (Å²) in [5.74, 6) is 1.32. The molecule has 5 rings (SSSR count). The van der Waals surface area contributed by atoms with Crippen molar-refractivity contribution in [3.05, 3.63) is 89.2 Å². The molecule has 2 aromatic carbocycles. The first-order valence-electron chi connectivity index (χ1n) is 11.5. The second-order valence-electron chi connectivity index (χ2n) is 7.97. The molecule has 0 aliphatic carbocycles. The third kappa shape index (κ3) is 5.45. The predicted octanol–water partition coefficient (Wildman–Crippen LogP) is 2.22. The van der Waals surface area contributed by atoms with E-state index in [0.717, 1.165) is 15.8 Å². The molecular weight excluding hydrogens is 474 g/mol. The van der Waals surface area contributed by atoms with Crippen LogP contribution in [0, 0.1) is 0 Å². The quantitative estimate of drug-likeness (QED) is 0.307. The van der Waals surface area contributed by atoms with Gasteiger partial charge < -0.3 is 14.8 Å². The van der Waals surface area contributed by atoms with Crippen LogP contribution < -0.4 is 20.3 Å². The fraction of sp³-hybridized carbons (Fsp3) is 0.154. The molecule has 3 heterocycles. The summed E-state index contributed by atoms with van der Waals surface area (Å²) < 4.78 is 13.6. The Bertz CT molecular complexity index is 1580. The molecule has 0 bridgehead atoms. The monoisotopic (exact) mass is 497 g/mol. The lowest BCUT2D eigenvalue weighted by Gasteiger charge is -2.09. The highest BCUT2D eigenvalue weighted by atomic mass is 16.5. The van der Waals surface area contributed by atoms with Crippen LogP contribution in [-0.2, 0) is 11.3 Å². The zero-order chi connectivity index (χ0) is 25.6. The third-order valence-corrected chi connectivity index (χ3v) is 5.49. The van der Waals surface area contributed by atoms with Gasteiger partial charge in [-0.1, -0.05) is 30.3 Å². The minimum Gasteiger partial charge on any atom is -0.497 e. The Hall–Kier alpha value is -5.06. The number of ether oxygens (including phenoxy) is 2. The first-order chi connectivity index (χ1) is 18.1. The van der Waals surface area contributed by atoms with Gasteiger partial charge in [-0.3, -0.25) is 9.59 Å². The number of nitrogens with one attached hydrogen (secondary N) is 1. The number of fused-ring (bicyclic) bond motifs is 1. The highest BCUT2D eigenvalue weighted by Gasteiger charge is 2.11. The van der Waals surface area contributed by atoms with Crippen molar-refractivity contribution in [2.24, 2.45) is 0 Å². The Kier molecular flexibility index (Phi) is 6.84. The van der Waals surface area contributed by atoms with Gasteiger partial charge in [-0.15, -0.1) is 15.3 Å². The smallest absolute Gasteiger partial charge is 0.267 e. The zero-order valence-corrected chi connectivity index (χ0v) is 19.9.